The molecule has 3 saturated heterocycles. The molecule has 1 spiro atoms. The van der Waals surface area contributed by atoms with Gasteiger partial charge in [-0.3, -0.25) is 9.59 Å². The van der Waals surface area contributed by atoms with Gasteiger partial charge in [-0.15, -0.1) is 0 Å². The molecule has 2 amide bonds. The van der Waals surface area contributed by atoms with Crippen molar-refractivity contribution in [2.45, 2.75) is 25.4 Å². The average molecular weight is 364 g/mol. The molecule has 2 N–H and O–H groups in total. The lowest BCUT2D eigenvalue weighted by Crippen LogP contribution is -2.62. The molecule has 1 aromatic heterocycles. The standard InChI is InChI=1S/C17H24N4O5/c22-13-2-5-21(11-17(13)3-1-4-18-16(17)24)15(23)12-10-14(19-26-12)20-6-8-25-9-7-20/h10,13,22H,1-9,11H2,(H,18,24)/t13-,17-/m1/s1. The van der Waals surface area contributed by atoms with Crippen LogP contribution in [0.2, 0.25) is 0 Å². The summed E-state index contributed by atoms with van der Waals surface area (Å²) in [6.45, 7) is 3.87. The van der Waals surface area contributed by atoms with Crippen LogP contribution >= 0.6 is 0 Å². The molecule has 9 heteroatoms. The zero-order valence-electron chi connectivity index (χ0n) is 14.6. The van der Waals surface area contributed by atoms with E-state index in [4.69, 9.17) is 9.26 Å². The molecule has 0 saturated carbocycles. The molecule has 26 heavy (non-hydrogen) atoms. The van der Waals surface area contributed by atoms with Crippen LogP contribution in [-0.2, 0) is 9.53 Å². The maximum Gasteiger partial charge on any atom is 0.292 e. The third-order valence-corrected chi connectivity index (χ3v) is 5.65. The summed E-state index contributed by atoms with van der Waals surface area (Å²) in [5, 5.41) is 17.3. The molecule has 2 atom stereocenters. The van der Waals surface area contributed by atoms with E-state index in [2.05, 4.69) is 10.5 Å². The summed E-state index contributed by atoms with van der Waals surface area (Å²) in [5.74, 6) is 0.329. The van der Waals surface area contributed by atoms with Gasteiger partial charge < -0.3 is 29.5 Å². The van der Waals surface area contributed by atoms with E-state index in [1.54, 1.807) is 11.0 Å². The van der Waals surface area contributed by atoms with Crippen molar-refractivity contribution in [1.29, 1.82) is 0 Å². The quantitative estimate of drug-likeness (QED) is 0.736. The maximum atomic E-state index is 12.9. The number of likely N-dealkylation sites (tertiary alicyclic amines) is 1. The number of aromatic nitrogens is 1. The molecule has 0 aliphatic carbocycles. The Morgan fingerprint density at radius 2 is 2.15 bits per heavy atom. The third-order valence-electron chi connectivity index (χ3n) is 5.65. The molecule has 4 rings (SSSR count). The predicted octanol–water partition coefficient (Wildman–Crippen LogP) is -0.386. The lowest BCUT2D eigenvalue weighted by molar-refractivity contribution is -0.147. The number of hydrogen-bond acceptors (Lipinski definition) is 7. The Kier molecular flexibility index (Phi) is 4.58. The number of hydrogen-bond donors (Lipinski definition) is 2. The monoisotopic (exact) mass is 364 g/mol. The largest absolute Gasteiger partial charge is 0.392 e. The minimum Gasteiger partial charge on any atom is -0.392 e. The number of carbonyl (C=O) groups is 2. The minimum absolute atomic E-state index is 0.161. The molecule has 1 aromatic rings. The molecule has 0 unspecified atom stereocenters. The van der Waals surface area contributed by atoms with Gasteiger partial charge in [0.1, 0.15) is 0 Å². The van der Waals surface area contributed by atoms with Crippen LogP contribution in [0.3, 0.4) is 0 Å². The van der Waals surface area contributed by atoms with Crippen LogP contribution in [0, 0.1) is 5.41 Å². The van der Waals surface area contributed by atoms with Crippen LogP contribution < -0.4 is 10.2 Å². The summed E-state index contributed by atoms with van der Waals surface area (Å²) in [6.07, 6.45) is 1.03. The van der Waals surface area contributed by atoms with Crippen molar-refractivity contribution in [3.05, 3.63) is 11.8 Å². The molecule has 3 fully saturated rings. The second-order valence-corrected chi connectivity index (χ2v) is 7.20. The summed E-state index contributed by atoms with van der Waals surface area (Å²) < 4.78 is 10.6. The Bertz CT molecular complexity index is 686. The lowest BCUT2D eigenvalue weighted by atomic mass is 9.71. The Labute approximate surface area is 151 Å². The van der Waals surface area contributed by atoms with Crippen molar-refractivity contribution < 1.29 is 24.0 Å². The number of anilines is 1. The van der Waals surface area contributed by atoms with Gasteiger partial charge in [0, 0.05) is 38.8 Å². The number of nitrogens with one attached hydrogen (secondary N) is 1. The summed E-state index contributed by atoms with van der Waals surface area (Å²) in [6, 6.07) is 1.65. The topological polar surface area (TPSA) is 108 Å². The number of amides is 2. The molecule has 142 valence electrons. The average Bonchev–Trinajstić information content (AvgIpc) is 3.16. The number of piperidine rings is 2. The summed E-state index contributed by atoms with van der Waals surface area (Å²) >= 11 is 0. The smallest absolute Gasteiger partial charge is 0.292 e. The van der Waals surface area contributed by atoms with E-state index in [9.17, 15) is 14.7 Å². The fourth-order valence-corrected chi connectivity index (χ4v) is 4.08. The van der Waals surface area contributed by atoms with Gasteiger partial charge in [-0.05, 0) is 19.3 Å². The number of rotatable bonds is 2. The highest BCUT2D eigenvalue weighted by molar-refractivity contribution is 5.93. The summed E-state index contributed by atoms with van der Waals surface area (Å²) in [7, 11) is 0. The fraction of sp³-hybridized carbons (Fsp3) is 0.706. The zero-order valence-corrected chi connectivity index (χ0v) is 14.6. The van der Waals surface area contributed by atoms with Gasteiger partial charge in [0.2, 0.25) is 11.7 Å². The predicted molar refractivity (Wildman–Crippen MR) is 90.7 cm³/mol. The zero-order chi connectivity index (χ0) is 18.1. The Balaban J connectivity index is 1.49. The van der Waals surface area contributed by atoms with Crippen LogP contribution in [0.1, 0.15) is 29.8 Å². The molecule has 4 heterocycles. The third kappa shape index (κ3) is 2.95. The molecule has 0 bridgehead atoms. The van der Waals surface area contributed by atoms with E-state index in [0.717, 1.165) is 6.42 Å². The highest BCUT2D eigenvalue weighted by Gasteiger charge is 2.51. The van der Waals surface area contributed by atoms with E-state index in [1.807, 2.05) is 4.90 Å². The van der Waals surface area contributed by atoms with Gasteiger partial charge in [0.05, 0.1) is 24.7 Å². The van der Waals surface area contributed by atoms with Crippen LogP contribution in [0.4, 0.5) is 5.82 Å². The summed E-state index contributed by atoms with van der Waals surface area (Å²) in [4.78, 5) is 28.9. The minimum atomic E-state index is -0.917. The highest BCUT2D eigenvalue weighted by Crippen LogP contribution is 2.37. The normalized spacial score (nSPS) is 29.7. The fourth-order valence-electron chi connectivity index (χ4n) is 4.08. The molecular formula is C17H24N4O5. The first-order valence-electron chi connectivity index (χ1n) is 9.15. The van der Waals surface area contributed by atoms with Crippen molar-refractivity contribution in [2.24, 2.45) is 5.41 Å². The van der Waals surface area contributed by atoms with E-state index in [-0.39, 0.29) is 24.1 Å². The first-order chi connectivity index (χ1) is 12.6. The van der Waals surface area contributed by atoms with E-state index in [1.165, 1.54) is 0 Å². The highest BCUT2D eigenvalue weighted by atomic mass is 16.5. The number of morpholine rings is 1. The van der Waals surface area contributed by atoms with Gasteiger partial charge in [-0.25, -0.2) is 0 Å². The Morgan fingerprint density at radius 1 is 1.35 bits per heavy atom. The van der Waals surface area contributed by atoms with Gasteiger partial charge in [-0.1, -0.05) is 5.16 Å². The van der Waals surface area contributed by atoms with E-state index >= 15 is 0 Å². The first-order valence-corrected chi connectivity index (χ1v) is 9.15. The Morgan fingerprint density at radius 3 is 2.92 bits per heavy atom. The van der Waals surface area contributed by atoms with Gasteiger partial charge in [0.25, 0.3) is 5.91 Å². The van der Waals surface area contributed by atoms with Crippen molar-refractivity contribution in [3.8, 4) is 0 Å². The van der Waals surface area contributed by atoms with E-state index < -0.39 is 11.5 Å². The molecule has 9 nitrogen and oxygen atoms in total. The van der Waals surface area contributed by atoms with E-state index in [0.29, 0.717) is 58.1 Å². The lowest BCUT2D eigenvalue weighted by Gasteiger charge is -2.46. The second kappa shape index (κ2) is 6.88. The number of nitrogens with zero attached hydrogens (tertiary/aromatic N) is 3. The summed E-state index contributed by atoms with van der Waals surface area (Å²) in [5.41, 5.74) is -0.917. The van der Waals surface area contributed by atoms with Crippen molar-refractivity contribution in [1.82, 2.24) is 15.4 Å². The maximum absolute atomic E-state index is 12.9. The number of aliphatic hydroxyl groups excluding tert-OH is 1. The number of carbonyl (C=O) groups excluding carboxylic acids is 2. The van der Waals surface area contributed by atoms with Crippen LogP contribution in [-0.4, -0.2) is 79.0 Å². The van der Waals surface area contributed by atoms with Crippen molar-refractivity contribution in [3.63, 3.8) is 0 Å². The van der Waals surface area contributed by atoms with Crippen LogP contribution in [0.15, 0.2) is 10.6 Å². The van der Waals surface area contributed by atoms with Crippen molar-refractivity contribution in [2.75, 3.05) is 50.8 Å². The van der Waals surface area contributed by atoms with Crippen LogP contribution in [0.25, 0.3) is 0 Å². The SMILES string of the molecule is O=C(c1cc(N2CCOCC2)no1)N1CC[C@@H](O)[C@@]2(CCCNC2=O)C1. The number of aliphatic hydroxyl groups is 1. The van der Waals surface area contributed by atoms with Gasteiger partial charge in [0.15, 0.2) is 5.82 Å². The molecule has 0 radical (unpaired) electrons. The Hall–Kier alpha value is -2.13. The molecule has 3 aliphatic rings. The second-order valence-electron chi connectivity index (χ2n) is 7.20. The number of ether oxygens (including phenoxy) is 1. The first kappa shape index (κ1) is 17.3. The van der Waals surface area contributed by atoms with Crippen molar-refractivity contribution >= 4 is 17.6 Å². The van der Waals surface area contributed by atoms with Gasteiger partial charge >= 0.3 is 0 Å². The molecule has 3 aliphatic heterocycles. The molecular weight excluding hydrogens is 340 g/mol. The van der Waals surface area contributed by atoms with Crippen LogP contribution in [0.5, 0.6) is 0 Å². The molecule has 0 aromatic carbocycles. The van der Waals surface area contributed by atoms with Gasteiger partial charge in [-0.2, -0.15) is 0 Å².